The maximum absolute atomic E-state index is 13.1. The van der Waals surface area contributed by atoms with Gasteiger partial charge in [0.25, 0.3) is 5.56 Å². The molecule has 3 N–H and O–H groups in total. The number of nitrogens with one attached hydrogen (secondary N) is 1. The standard InChI is InChI=1S/C24H36N4O4/c1-4-6-8-16-27(20(29)10-9-17-32-19-13-11-18(3)12-14-19)21-22(25)28(15-7-5-2)24(31)26-23(21)30/h11-14H,4-10,15-17,25H2,1-3H3,(H,26,30,31). The van der Waals surface area contributed by atoms with Crippen LogP contribution in [0.1, 0.15) is 64.4 Å². The lowest BCUT2D eigenvalue weighted by molar-refractivity contribution is -0.118. The van der Waals surface area contributed by atoms with Gasteiger partial charge in [-0.25, -0.2) is 4.79 Å². The molecule has 0 bridgehead atoms. The summed E-state index contributed by atoms with van der Waals surface area (Å²) in [6.45, 7) is 7.25. The third-order valence-corrected chi connectivity index (χ3v) is 5.33. The van der Waals surface area contributed by atoms with Crippen molar-refractivity contribution >= 4 is 17.4 Å². The van der Waals surface area contributed by atoms with E-state index in [4.69, 9.17) is 10.5 Å². The van der Waals surface area contributed by atoms with Crippen LogP contribution in [0.4, 0.5) is 11.5 Å². The molecule has 8 heteroatoms. The van der Waals surface area contributed by atoms with E-state index in [0.29, 0.717) is 26.1 Å². The van der Waals surface area contributed by atoms with Crippen molar-refractivity contribution in [2.45, 2.75) is 72.3 Å². The Hall–Kier alpha value is -3.03. The second-order valence-corrected chi connectivity index (χ2v) is 8.02. The van der Waals surface area contributed by atoms with E-state index >= 15 is 0 Å². The van der Waals surface area contributed by atoms with Crippen LogP contribution in [0.3, 0.4) is 0 Å². The number of aryl methyl sites for hydroxylation is 1. The lowest BCUT2D eigenvalue weighted by Crippen LogP contribution is -2.41. The Kier molecular flexibility index (Phi) is 10.0. The van der Waals surface area contributed by atoms with Gasteiger partial charge in [-0.3, -0.25) is 19.1 Å². The highest BCUT2D eigenvalue weighted by Gasteiger charge is 2.23. The van der Waals surface area contributed by atoms with Crippen molar-refractivity contribution in [3.63, 3.8) is 0 Å². The summed E-state index contributed by atoms with van der Waals surface area (Å²) in [7, 11) is 0. The average Bonchev–Trinajstić information content (AvgIpc) is 2.76. The highest BCUT2D eigenvalue weighted by atomic mass is 16.5. The maximum Gasteiger partial charge on any atom is 0.330 e. The van der Waals surface area contributed by atoms with Crippen molar-refractivity contribution in [3.8, 4) is 5.75 Å². The first-order valence-electron chi connectivity index (χ1n) is 11.5. The van der Waals surface area contributed by atoms with E-state index in [1.807, 2.05) is 38.1 Å². The molecule has 0 saturated heterocycles. The Morgan fingerprint density at radius 3 is 2.41 bits per heavy atom. The number of aromatic amines is 1. The minimum absolute atomic E-state index is 0.0490. The first-order valence-corrected chi connectivity index (χ1v) is 11.5. The first kappa shape index (κ1) is 25.2. The number of carbonyl (C=O) groups excluding carboxylic acids is 1. The minimum atomic E-state index is -0.624. The van der Waals surface area contributed by atoms with Gasteiger partial charge in [-0.2, -0.15) is 0 Å². The Balaban J connectivity index is 2.16. The molecule has 2 aromatic rings. The van der Waals surface area contributed by atoms with Crippen LogP contribution in [0.15, 0.2) is 33.9 Å². The van der Waals surface area contributed by atoms with Gasteiger partial charge in [0.2, 0.25) is 5.91 Å². The van der Waals surface area contributed by atoms with Crippen LogP contribution in [0, 0.1) is 6.92 Å². The highest BCUT2D eigenvalue weighted by Crippen LogP contribution is 2.20. The highest BCUT2D eigenvalue weighted by molar-refractivity contribution is 5.95. The summed E-state index contributed by atoms with van der Waals surface area (Å²) < 4.78 is 7.06. The van der Waals surface area contributed by atoms with Crippen LogP contribution in [0.5, 0.6) is 5.75 Å². The molecule has 0 fully saturated rings. The maximum atomic E-state index is 13.1. The Bertz CT molecular complexity index is 979. The number of aromatic nitrogens is 2. The number of rotatable bonds is 13. The van der Waals surface area contributed by atoms with Gasteiger partial charge in [0.1, 0.15) is 11.6 Å². The molecule has 0 spiro atoms. The Labute approximate surface area is 189 Å². The van der Waals surface area contributed by atoms with Gasteiger partial charge in [0.05, 0.1) is 6.61 Å². The molecule has 0 aliphatic heterocycles. The van der Waals surface area contributed by atoms with Gasteiger partial charge in [0, 0.05) is 19.5 Å². The largest absolute Gasteiger partial charge is 0.494 e. The summed E-state index contributed by atoms with van der Waals surface area (Å²) in [5, 5.41) is 0. The number of ether oxygens (including phenoxy) is 1. The third-order valence-electron chi connectivity index (χ3n) is 5.33. The molecular formula is C24H36N4O4. The van der Waals surface area contributed by atoms with Crippen LogP contribution < -0.4 is 26.6 Å². The second kappa shape index (κ2) is 12.7. The van der Waals surface area contributed by atoms with Crippen LogP contribution in [0.25, 0.3) is 0 Å². The van der Waals surface area contributed by atoms with E-state index in [1.165, 1.54) is 9.47 Å². The number of anilines is 2. The molecule has 0 atom stereocenters. The molecule has 0 aliphatic rings. The lowest BCUT2D eigenvalue weighted by Gasteiger charge is -2.24. The molecule has 0 saturated carbocycles. The van der Waals surface area contributed by atoms with Crippen LogP contribution in [-0.4, -0.2) is 28.6 Å². The molecule has 32 heavy (non-hydrogen) atoms. The summed E-state index contributed by atoms with van der Waals surface area (Å²) in [5.41, 5.74) is 6.29. The van der Waals surface area contributed by atoms with E-state index in [0.717, 1.165) is 43.4 Å². The average molecular weight is 445 g/mol. The number of unbranched alkanes of at least 4 members (excludes halogenated alkanes) is 3. The number of nitrogens with two attached hydrogens (primary N) is 1. The van der Waals surface area contributed by atoms with Crippen molar-refractivity contribution in [3.05, 3.63) is 50.7 Å². The third kappa shape index (κ3) is 7.00. The molecule has 0 radical (unpaired) electrons. The summed E-state index contributed by atoms with van der Waals surface area (Å²) in [6.07, 6.45) is 4.99. The number of hydrogen-bond acceptors (Lipinski definition) is 5. The van der Waals surface area contributed by atoms with Crippen molar-refractivity contribution in [2.24, 2.45) is 0 Å². The zero-order valence-corrected chi connectivity index (χ0v) is 19.5. The lowest BCUT2D eigenvalue weighted by atomic mass is 10.2. The fraction of sp³-hybridized carbons (Fsp3) is 0.542. The zero-order chi connectivity index (χ0) is 23.5. The minimum Gasteiger partial charge on any atom is -0.494 e. The predicted octanol–water partition coefficient (Wildman–Crippen LogP) is 3.61. The zero-order valence-electron chi connectivity index (χ0n) is 19.5. The fourth-order valence-corrected chi connectivity index (χ4v) is 3.44. The van der Waals surface area contributed by atoms with E-state index in [9.17, 15) is 14.4 Å². The van der Waals surface area contributed by atoms with Crippen LogP contribution >= 0.6 is 0 Å². The summed E-state index contributed by atoms with van der Waals surface area (Å²) in [4.78, 5) is 41.7. The van der Waals surface area contributed by atoms with Crippen molar-refractivity contribution in [2.75, 3.05) is 23.8 Å². The summed E-state index contributed by atoms with van der Waals surface area (Å²) >= 11 is 0. The number of hydrogen-bond donors (Lipinski definition) is 2. The molecular weight excluding hydrogens is 408 g/mol. The smallest absolute Gasteiger partial charge is 0.330 e. The topological polar surface area (TPSA) is 110 Å². The molecule has 1 aromatic heterocycles. The molecule has 1 aromatic carbocycles. The van der Waals surface area contributed by atoms with E-state index in [-0.39, 0.29) is 23.8 Å². The van der Waals surface area contributed by atoms with Gasteiger partial charge in [-0.1, -0.05) is 50.8 Å². The number of carbonyl (C=O) groups is 1. The molecule has 1 amide bonds. The molecule has 176 valence electrons. The molecule has 8 nitrogen and oxygen atoms in total. The van der Waals surface area contributed by atoms with Gasteiger partial charge in [0.15, 0.2) is 5.69 Å². The summed E-state index contributed by atoms with van der Waals surface area (Å²) in [5.74, 6) is 0.603. The second-order valence-electron chi connectivity index (χ2n) is 8.02. The fourth-order valence-electron chi connectivity index (χ4n) is 3.44. The SMILES string of the molecule is CCCCCN(C(=O)CCCOc1ccc(C)cc1)c1c(N)n(CCCC)c(=O)[nH]c1=O. The van der Waals surface area contributed by atoms with E-state index in [2.05, 4.69) is 11.9 Å². The quantitative estimate of drug-likeness (QED) is 0.459. The molecule has 1 heterocycles. The normalized spacial score (nSPS) is 10.8. The monoisotopic (exact) mass is 444 g/mol. The number of nitrogen functional groups attached to an aromatic ring is 1. The van der Waals surface area contributed by atoms with Gasteiger partial charge >= 0.3 is 5.69 Å². The van der Waals surface area contributed by atoms with Crippen LogP contribution in [0.2, 0.25) is 0 Å². The van der Waals surface area contributed by atoms with Crippen molar-refractivity contribution < 1.29 is 9.53 Å². The predicted molar refractivity (Wildman–Crippen MR) is 128 cm³/mol. The number of amides is 1. The van der Waals surface area contributed by atoms with E-state index < -0.39 is 11.2 Å². The van der Waals surface area contributed by atoms with Gasteiger partial charge in [-0.15, -0.1) is 0 Å². The van der Waals surface area contributed by atoms with Crippen molar-refractivity contribution in [1.82, 2.24) is 9.55 Å². The molecule has 2 rings (SSSR count). The van der Waals surface area contributed by atoms with Gasteiger partial charge < -0.3 is 15.4 Å². The van der Waals surface area contributed by atoms with Crippen LogP contribution in [-0.2, 0) is 11.3 Å². The number of nitrogens with zero attached hydrogens (tertiary/aromatic N) is 2. The van der Waals surface area contributed by atoms with E-state index in [1.54, 1.807) is 0 Å². The molecule has 0 unspecified atom stereocenters. The number of benzene rings is 1. The number of H-pyrrole nitrogens is 1. The first-order chi connectivity index (χ1) is 15.4. The Morgan fingerprint density at radius 2 is 1.75 bits per heavy atom. The molecule has 0 aliphatic carbocycles. The van der Waals surface area contributed by atoms with Crippen molar-refractivity contribution in [1.29, 1.82) is 0 Å². The summed E-state index contributed by atoms with van der Waals surface area (Å²) in [6, 6.07) is 7.74. The Morgan fingerprint density at radius 1 is 1.06 bits per heavy atom. The van der Waals surface area contributed by atoms with Gasteiger partial charge in [-0.05, 0) is 38.3 Å².